The summed E-state index contributed by atoms with van der Waals surface area (Å²) >= 11 is 6.18. The first kappa shape index (κ1) is 20.4. The molecule has 1 amide bonds. The maximum absolute atomic E-state index is 13.0. The highest BCUT2D eigenvalue weighted by Gasteiger charge is 2.25. The van der Waals surface area contributed by atoms with Gasteiger partial charge >= 0.3 is 0 Å². The van der Waals surface area contributed by atoms with Crippen LogP contribution < -0.4 is 9.64 Å². The summed E-state index contributed by atoms with van der Waals surface area (Å²) < 4.78 is 6.02. The molecule has 1 unspecified atom stereocenters. The number of para-hydroxylation sites is 1. The lowest BCUT2D eigenvalue weighted by atomic mass is 9.98. The molecule has 0 spiro atoms. The minimum atomic E-state index is -1.01. The molecule has 1 heterocycles. The van der Waals surface area contributed by atoms with E-state index in [1.807, 2.05) is 24.3 Å². The highest BCUT2D eigenvalue weighted by molar-refractivity contribution is 6.31. The second kappa shape index (κ2) is 8.80. The number of ether oxygens (including phenoxy) is 1. The summed E-state index contributed by atoms with van der Waals surface area (Å²) in [5, 5.41) is 11.1. The Labute approximate surface area is 171 Å². The van der Waals surface area contributed by atoms with Gasteiger partial charge in [-0.25, -0.2) is 0 Å². The minimum absolute atomic E-state index is 0.223. The first-order valence-corrected chi connectivity index (χ1v) is 10.1. The molecule has 1 N–H and O–H groups in total. The zero-order valence-corrected chi connectivity index (χ0v) is 17.1. The van der Waals surface area contributed by atoms with Crippen LogP contribution in [0.3, 0.4) is 0 Å². The van der Waals surface area contributed by atoms with Gasteiger partial charge in [0.1, 0.15) is 5.75 Å². The summed E-state index contributed by atoms with van der Waals surface area (Å²) in [5.74, 6) is 1.07. The summed E-state index contributed by atoms with van der Waals surface area (Å²) in [6, 6.07) is 12.9. The van der Waals surface area contributed by atoms with Crippen molar-refractivity contribution < 1.29 is 14.6 Å². The van der Waals surface area contributed by atoms with Gasteiger partial charge in [0.25, 0.3) is 5.91 Å². The Morgan fingerprint density at radius 2 is 2.04 bits per heavy atom. The molecule has 4 nitrogen and oxygen atoms in total. The molecule has 0 aromatic heterocycles. The number of amides is 1. The van der Waals surface area contributed by atoms with Crippen LogP contribution in [0.1, 0.15) is 45.1 Å². The maximum atomic E-state index is 13.0. The fourth-order valence-electron chi connectivity index (χ4n) is 3.25. The lowest BCUT2D eigenvalue weighted by Crippen LogP contribution is -2.29. The number of carbonyl (C=O) groups excluding carboxylic acids is 1. The molecule has 0 fully saturated rings. The highest BCUT2D eigenvalue weighted by atomic mass is 35.5. The Balaban J connectivity index is 1.88. The van der Waals surface area contributed by atoms with Gasteiger partial charge in [-0.1, -0.05) is 56.0 Å². The van der Waals surface area contributed by atoms with Gasteiger partial charge in [-0.05, 0) is 43.7 Å². The lowest BCUT2D eigenvalue weighted by molar-refractivity contribution is -0.114. The van der Waals surface area contributed by atoms with Crippen molar-refractivity contribution >= 4 is 23.2 Å². The molecule has 2 aromatic carbocycles. The number of hydrogen-bond donors (Lipinski definition) is 1. The zero-order valence-electron chi connectivity index (χ0n) is 16.3. The molecule has 0 saturated heterocycles. The predicted octanol–water partition coefficient (Wildman–Crippen LogP) is 5.87. The topological polar surface area (TPSA) is 49.8 Å². The van der Waals surface area contributed by atoms with Crippen molar-refractivity contribution in [3.63, 3.8) is 0 Å². The van der Waals surface area contributed by atoms with Crippen LogP contribution in [0.25, 0.3) is 0 Å². The fraction of sp³-hybridized carbons (Fsp3) is 0.348. The molecule has 1 aliphatic rings. The fourth-order valence-corrected chi connectivity index (χ4v) is 3.42. The number of rotatable bonds is 6. The number of hydrogen-bond acceptors (Lipinski definition) is 3. The molecular weight excluding hydrogens is 374 g/mol. The standard InChI is InChI=1S/C23H26ClNO3/c1-3-4-7-13-23(2,27)14-12-22(26)25-16-17-8-5-6-9-20(17)28-21-11-10-18(24)15-19(21)25/h5-6,8-12,14-15,27H,3-4,7,13,16H2,1-2H3/b14-12+. The number of fused-ring (bicyclic) bond motifs is 2. The highest BCUT2D eigenvalue weighted by Crippen LogP contribution is 2.40. The van der Waals surface area contributed by atoms with Crippen LogP contribution in [0.2, 0.25) is 5.02 Å². The minimum Gasteiger partial charge on any atom is -0.455 e. The SMILES string of the molecule is CCCCCC(C)(O)/C=C/C(=O)N1Cc2ccccc2Oc2ccc(Cl)cc21. The Bertz CT molecular complexity index is 876. The van der Waals surface area contributed by atoms with E-state index in [9.17, 15) is 9.90 Å². The second-order valence-electron chi connectivity index (χ2n) is 7.39. The van der Waals surface area contributed by atoms with E-state index in [0.29, 0.717) is 29.4 Å². The summed E-state index contributed by atoms with van der Waals surface area (Å²) in [6.45, 7) is 4.22. The van der Waals surface area contributed by atoms with Gasteiger partial charge in [-0.15, -0.1) is 0 Å². The quantitative estimate of drug-likeness (QED) is 0.488. The molecule has 1 aliphatic heterocycles. The van der Waals surface area contributed by atoms with Gasteiger partial charge in [0.15, 0.2) is 5.75 Å². The molecule has 5 heteroatoms. The van der Waals surface area contributed by atoms with Crippen molar-refractivity contribution in [2.24, 2.45) is 0 Å². The van der Waals surface area contributed by atoms with Crippen LogP contribution in [0.5, 0.6) is 11.5 Å². The van der Waals surface area contributed by atoms with Gasteiger partial charge in [0.05, 0.1) is 17.8 Å². The van der Waals surface area contributed by atoms with Crippen LogP contribution in [-0.4, -0.2) is 16.6 Å². The molecule has 0 aliphatic carbocycles. The second-order valence-corrected chi connectivity index (χ2v) is 7.83. The van der Waals surface area contributed by atoms with E-state index in [-0.39, 0.29) is 5.91 Å². The van der Waals surface area contributed by atoms with Crippen molar-refractivity contribution in [1.29, 1.82) is 0 Å². The van der Waals surface area contributed by atoms with Crippen molar-refractivity contribution in [3.8, 4) is 11.5 Å². The number of aliphatic hydroxyl groups is 1. The van der Waals surface area contributed by atoms with Crippen molar-refractivity contribution in [2.45, 2.75) is 51.7 Å². The number of benzene rings is 2. The smallest absolute Gasteiger partial charge is 0.251 e. The van der Waals surface area contributed by atoms with Gasteiger partial charge in [0, 0.05) is 16.7 Å². The normalized spacial score (nSPS) is 15.4. The molecular formula is C23H26ClNO3. The monoisotopic (exact) mass is 399 g/mol. The third-order valence-electron chi connectivity index (χ3n) is 4.87. The Hall–Kier alpha value is -2.30. The summed E-state index contributed by atoms with van der Waals surface area (Å²) in [5.41, 5.74) is 0.512. The van der Waals surface area contributed by atoms with Gasteiger partial charge in [-0.3, -0.25) is 4.79 Å². The third-order valence-corrected chi connectivity index (χ3v) is 5.11. The third kappa shape index (κ3) is 4.94. The van der Waals surface area contributed by atoms with E-state index in [2.05, 4.69) is 6.92 Å². The first-order chi connectivity index (χ1) is 13.4. The number of halogens is 1. The summed E-state index contributed by atoms with van der Waals surface area (Å²) in [4.78, 5) is 14.7. The summed E-state index contributed by atoms with van der Waals surface area (Å²) in [7, 11) is 0. The molecule has 0 bridgehead atoms. The number of anilines is 1. The number of carbonyl (C=O) groups is 1. The Morgan fingerprint density at radius 1 is 1.25 bits per heavy atom. The van der Waals surface area contributed by atoms with E-state index in [1.165, 1.54) is 6.08 Å². The van der Waals surface area contributed by atoms with Crippen molar-refractivity contribution in [2.75, 3.05) is 4.90 Å². The van der Waals surface area contributed by atoms with Crippen molar-refractivity contribution in [1.82, 2.24) is 0 Å². The van der Waals surface area contributed by atoms with Crippen LogP contribution in [0, 0.1) is 0 Å². The molecule has 0 radical (unpaired) electrons. The number of nitrogens with zero attached hydrogens (tertiary/aromatic N) is 1. The summed E-state index contributed by atoms with van der Waals surface area (Å²) in [6.07, 6.45) is 6.73. The van der Waals surface area contributed by atoms with Crippen molar-refractivity contribution in [3.05, 3.63) is 65.2 Å². The average Bonchev–Trinajstić information content (AvgIpc) is 2.83. The van der Waals surface area contributed by atoms with Crippen LogP contribution in [0.4, 0.5) is 5.69 Å². The molecule has 148 valence electrons. The molecule has 2 aromatic rings. The largest absolute Gasteiger partial charge is 0.455 e. The molecule has 28 heavy (non-hydrogen) atoms. The van der Waals surface area contributed by atoms with E-state index in [1.54, 1.807) is 36.1 Å². The zero-order chi connectivity index (χ0) is 20.1. The van der Waals surface area contributed by atoms with E-state index < -0.39 is 5.60 Å². The molecule has 3 rings (SSSR count). The Morgan fingerprint density at radius 3 is 2.82 bits per heavy atom. The predicted molar refractivity (Wildman–Crippen MR) is 113 cm³/mol. The van der Waals surface area contributed by atoms with E-state index in [0.717, 1.165) is 30.6 Å². The van der Waals surface area contributed by atoms with Gasteiger partial charge in [0.2, 0.25) is 0 Å². The lowest BCUT2D eigenvalue weighted by Gasteiger charge is -2.22. The van der Waals surface area contributed by atoms with Crippen LogP contribution in [0.15, 0.2) is 54.6 Å². The first-order valence-electron chi connectivity index (χ1n) is 9.68. The van der Waals surface area contributed by atoms with Gasteiger partial charge in [-0.2, -0.15) is 0 Å². The maximum Gasteiger partial charge on any atom is 0.251 e. The van der Waals surface area contributed by atoms with E-state index >= 15 is 0 Å². The number of unbranched alkanes of at least 4 members (excludes halogenated alkanes) is 2. The molecule has 1 atom stereocenters. The van der Waals surface area contributed by atoms with Crippen LogP contribution >= 0.6 is 11.6 Å². The molecule has 0 saturated carbocycles. The van der Waals surface area contributed by atoms with Crippen LogP contribution in [-0.2, 0) is 11.3 Å². The van der Waals surface area contributed by atoms with Gasteiger partial charge < -0.3 is 14.7 Å². The Kier molecular flexibility index (Phi) is 6.42. The average molecular weight is 400 g/mol. The van der Waals surface area contributed by atoms with E-state index in [4.69, 9.17) is 16.3 Å².